The van der Waals surface area contributed by atoms with Gasteiger partial charge in [0.1, 0.15) is 0 Å². The van der Waals surface area contributed by atoms with Crippen LogP contribution >= 0.6 is 15.9 Å². The van der Waals surface area contributed by atoms with E-state index in [1.165, 1.54) is 28.6 Å². The Kier molecular flexibility index (Phi) is 5.16. The molecule has 1 rings (SSSR count). The van der Waals surface area contributed by atoms with Crippen LogP contribution in [-0.4, -0.2) is 6.54 Å². The molecule has 0 aromatic heterocycles. The molecule has 1 aromatic carbocycles. The molecule has 1 unspecified atom stereocenters. The Morgan fingerprint density at radius 1 is 1.40 bits per heavy atom. The van der Waals surface area contributed by atoms with Gasteiger partial charge in [0.05, 0.1) is 0 Å². The lowest BCUT2D eigenvalue weighted by molar-refractivity contribution is 0.550. The van der Waals surface area contributed by atoms with Crippen LogP contribution in [0, 0.1) is 12.8 Å². The zero-order valence-corrected chi connectivity index (χ0v) is 11.4. The molecule has 0 spiro atoms. The van der Waals surface area contributed by atoms with Crippen molar-refractivity contribution in [2.24, 2.45) is 5.92 Å². The Morgan fingerprint density at radius 3 is 2.80 bits per heavy atom. The molecular formula is C13H20BrN. The summed E-state index contributed by atoms with van der Waals surface area (Å²) in [6, 6.07) is 6.33. The lowest BCUT2D eigenvalue weighted by Crippen LogP contribution is -2.11. The number of hydrogen-bond acceptors (Lipinski definition) is 1. The van der Waals surface area contributed by atoms with Crippen molar-refractivity contribution in [1.29, 1.82) is 0 Å². The first-order valence-electron chi connectivity index (χ1n) is 5.64. The molecule has 15 heavy (non-hydrogen) atoms. The molecular weight excluding hydrogens is 250 g/mol. The monoisotopic (exact) mass is 269 g/mol. The van der Waals surface area contributed by atoms with Crippen molar-refractivity contribution in [2.45, 2.75) is 33.6 Å². The summed E-state index contributed by atoms with van der Waals surface area (Å²) in [5.41, 5.74) is 2.49. The average molecular weight is 270 g/mol. The predicted octanol–water partition coefficient (Wildman–Crippen LogP) is 4.61. The maximum atomic E-state index is 3.61. The lowest BCUT2D eigenvalue weighted by atomic mass is 10.1. The van der Waals surface area contributed by atoms with Gasteiger partial charge in [-0.3, -0.25) is 0 Å². The van der Waals surface area contributed by atoms with Gasteiger partial charge in [-0.1, -0.05) is 32.4 Å². The first-order valence-corrected chi connectivity index (χ1v) is 6.43. The van der Waals surface area contributed by atoms with E-state index in [9.17, 15) is 0 Å². The molecule has 84 valence electrons. The van der Waals surface area contributed by atoms with Crippen LogP contribution in [0.15, 0.2) is 22.7 Å². The molecule has 0 bridgehead atoms. The molecule has 0 aliphatic heterocycles. The standard InChI is InChI=1S/C13H20BrN/c1-4-6-10(2)9-15-12-8-5-7-11(3)13(12)14/h5,7-8,10,15H,4,6,9H2,1-3H3. The van der Waals surface area contributed by atoms with E-state index in [2.05, 4.69) is 60.2 Å². The molecule has 1 nitrogen and oxygen atoms in total. The third-order valence-corrected chi connectivity index (χ3v) is 3.67. The second kappa shape index (κ2) is 6.16. The average Bonchev–Trinajstić information content (AvgIpc) is 2.21. The van der Waals surface area contributed by atoms with Crippen molar-refractivity contribution in [2.75, 3.05) is 11.9 Å². The SMILES string of the molecule is CCCC(C)CNc1cccc(C)c1Br. The Labute approximate surface area is 101 Å². The number of benzene rings is 1. The minimum absolute atomic E-state index is 0.738. The van der Waals surface area contributed by atoms with Gasteiger partial charge in [0.2, 0.25) is 0 Å². The van der Waals surface area contributed by atoms with Gasteiger partial charge >= 0.3 is 0 Å². The Morgan fingerprint density at radius 2 is 2.13 bits per heavy atom. The summed E-state index contributed by atoms with van der Waals surface area (Å²) in [7, 11) is 0. The number of halogens is 1. The zero-order valence-electron chi connectivity index (χ0n) is 9.81. The number of anilines is 1. The second-order valence-corrected chi connectivity index (χ2v) is 5.00. The predicted molar refractivity (Wildman–Crippen MR) is 71.4 cm³/mol. The van der Waals surface area contributed by atoms with Gasteiger partial charge in [0.15, 0.2) is 0 Å². The molecule has 0 saturated heterocycles. The normalized spacial score (nSPS) is 12.5. The van der Waals surface area contributed by atoms with Gasteiger partial charge in [-0.25, -0.2) is 0 Å². The van der Waals surface area contributed by atoms with E-state index < -0.39 is 0 Å². The smallest absolute Gasteiger partial charge is 0.0487 e. The van der Waals surface area contributed by atoms with E-state index in [-0.39, 0.29) is 0 Å². The van der Waals surface area contributed by atoms with Crippen molar-refractivity contribution in [1.82, 2.24) is 0 Å². The van der Waals surface area contributed by atoms with E-state index in [4.69, 9.17) is 0 Å². The minimum atomic E-state index is 0.738. The summed E-state index contributed by atoms with van der Waals surface area (Å²) in [5, 5.41) is 3.49. The highest BCUT2D eigenvalue weighted by Gasteiger charge is 2.04. The molecule has 1 N–H and O–H groups in total. The van der Waals surface area contributed by atoms with Gasteiger partial charge in [-0.15, -0.1) is 0 Å². The van der Waals surface area contributed by atoms with Gasteiger partial charge < -0.3 is 5.32 Å². The molecule has 0 fully saturated rings. The Bertz CT molecular complexity index is 309. The van der Waals surface area contributed by atoms with Crippen molar-refractivity contribution >= 4 is 21.6 Å². The molecule has 1 atom stereocenters. The summed E-state index contributed by atoms with van der Waals surface area (Å²) in [6.07, 6.45) is 2.55. The number of hydrogen-bond donors (Lipinski definition) is 1. The van der Waals surface area contributed by atoms with Crippen molar-refractivity contribution in [3.63, 3.8) is 0 Å². The first-order chi connectivity index (χ1) is 7.15. The van der Waals surface area contributed by atoms with Crippen LogP contribution in [0.1, 0.15) is 32.3 Å². The first kappa shape index (κ1) is 12.6. The largest absolute Gasteiger partial charge is 0.384 e. The number of rotatable bonds is 5. The quantitative estimate of drug-likeness (QED) is 0.824. The van der Waals surface area contributed by atoms with Crippen LogP contribution in [0.5, 0.6) is 0 Å². The maximum Gasteiger partial charge on any atom is 0.0487 e. The Hall–Kier alpha value is -0.500. The molecule has 0 heterocycles. The van der Waals surface area contributed by atoms with E-state index in [1.807, 2.05) is 0 Å². The third kappa shape index (κ3) is 3.86. The Balaban J connectivity index is 2.54. The molecule has 2 heteroatoms. The number of aryl methyl sites for hydroxylation is 1. The molecule has 1 aromatic rings. The van der Waals surface area contributed by atoms with Crippen molar-refractivity contribution < 1.29 is 0 Å². The highest BCUT2D eigenvalue weighted by Crippen LogP contribution is 2.25. The zero-order chi connectivity index (χ0) is 11.3. The molecule has 0 aliphatic rings. The maximum absolute atomic E-state index is 3.61. The molecule has 0 radical (unpaired) electrons. The van der Waals surface area contributed by atoms with Gasteiger partial charge in [0, 0.05) is 16.7 Å². The highest BCUT2D eigenvalue weighted by atomic mass is 79.9. The fourth-order valence-electron chi connectivity index (χ4n) is 1.66. The highest BCUT2D eigenvalue weighted by molar-refractivity contribution is 9.10. The fourth-order valence-corrected chi connectivity index (χ4v) is 2.07. The van der Waals surface area contributed by atoms with Crippen molar-refractivity contribution in [3.05, 3.63) is 28.2 Å². The second-order valence-electron chi connectivity index (χ2n) is 4.21. The van der Waals surface area contributed by atoms with Crippen LogP contribution < -0.4 is 5.32 Å². The van der Waals surface area contributed by atoms with Crippen LogP contribution in [0.3, 0.4) is 0 Å². The van der Waals surface area contributed by atoms with E-state index in [1.54, 1.807) is 0 Å². The molecule has 0 amide bonds. The van der Waals surface area contributed by atoms with Crippen LogP contribution in [0.25, 0.3) is 0 Å². The summed E-state index contributed by atoms with van der Waals surface area (Å²) >= 11 is 3.61. The van der Waals surface area contributed by atoms with E-state index in [0.717, 1.165) is 12.5 Å². The minimum Gasteiger partial charge on any atom is -0.384 e. The summed E-state index contributed by atoms with van der Waals surface area (Å²) in [6.45, 7) is 7.69. The molecule has 0 saturated carbocycles. The van der Waals surface area contributed by atoms with E-state index >= 15 is 0 Å². The third-order valence-electron chi connectivity index (χ3n) is 2.61. The fraction of sp³-hybridized carbons (Fsp3) is 0.538. The van der Waals surface area contributed by atoms with Gasteiger partial charge in [-0.2, -0.15) is 0 Å². The lowest BCUT2D eigenvalue weighted by Gasteiger charge is -2.14. The summed E-state index contributed by atoms with van der Waals surface area (Å²) in [4.78, 5) is 0. The molecule has 0 aliphatic carbocycles. The van der Waals surface area contributed by atoms with Crippen LogP contribution in [-0.2, 0) is 0 Å². The van der Waals surface area contributed by atoms with Gasteiger partial charge in [0.25, 0.3) is 0 Å². The van der Waals surface area contributed by atoms with Crippen LogP contribution in [0.4, 0.5) is 5.69 Å². The number of nitrogens with one attached hydrogen (secondary N) is 1. The van der Waals surface area contributed by atoms with Crippen molar-refractivity contribution in [3.8, 4) is 0 Å². The van der Waals surface area contributed by atoms with Gasteiger partial charge in [-0.05, 0) is 46.8 Å². The van der Waals surface area contributed by atoms with E-state index in [0.29, 0.717) is 0 Å². The topological polar surface area (TPSA) is 12.0 Å². The van der Waals surface area contributed by atoms with Crippen LogP contribution in [0.2, 0.25) is 0 Å². The summed E-state index contributed by atoms with van der Waals surface area (Å²) in [5.74, 6) is 0.738. The summed E-state index contributed by atoms with van der Waals surface area (Å²) < 4.78 is 1.19.